The molecule has 1 heterocycles. The van der Waals surface area contributed by atoms with Crippen molar-refractivity contribution in [2.24, 2.45) is 0 Å². The molecule has 0 atom stereocenters. The Balaban J connectivity index is 2.16. The van der Waals surface area contributed by atoms with Crippen molar-refractivity contribution in [2.45, 2.75) is 18.9 Å². The van der Waals surface area contributed by atoms with E-state index < -0.39 is 5.60 Å². The first-order valence-corrected chi connectivity index (χ1v) is 6.63. The minimum absolute atomic E-state index is 0.0996. The summed E-state index contributed by atoms with van der Waals surface area (Å²) in [6.45, 7) is 2.70. The number of likely N-dealkylation sites (tertiary alicyclic amines) is 1. The van der Waals surface area contributed by atoms with Crippen LogP contribution in [0.4, 0.5) is 0 Å². The Hall–Kier alpha value is -1.07. The second kappa shape index (κ2) is 4.90. The second-order valence-corrected chi connectivity index (χ2v) is 5.50. The number of β-amino-alcohol motifs (C(OH)–C–C–N with tert-alkyl or cyclic N) is 1. The third-order valence-electron chi connectivity index (χ3n) is 3.31. The highest BCUT2D eigenvalue weighted by molar-refractivity contribution is 9.10. The minimum Gasteiger partial charge on any atom is -0.496 e. The molecule has 1 amide bonds. The van der Waals surface area contributed by atoms with Gasteiger partial charge in [0.2, 0.25) is 0 Å². The number of halogens is 1. The van der Waals surface area contributed by atoms with Crippen LogP contribution in [0, 0.1) is 0 Å². The molecule has 5 heteroatoms. The van der Waals surface area contributed by atoms with Crippen LogP contribution in [0.25, 0.3) is 0 Å². The molecule has 98 valence electrons. The number of hydrogen-bond donors (Lipinski definition) is 1. The van der Waals surface area contributed by atoms with Gasteiger partial charge in [0, 0.05) is 4.47 Å². The maximum atomic E-state index is 12.2. The number of aliphatic hydroxyl groups is 1. The third-order valence-corrected chi connectivity index (χ3v) is 3.80. The highest BCUT2D eigenvalue weighted by atomic mass is 79.9. The van der Waals surface area contributed by atoms with E-state index in [9.17, 15) is 9.90 Å². The standard InChI is InChI=1S/C13H16BrNO3/c1-3-13(17)7-15(8-13)12(16)10-5-4-9(14)6-11(10)18-2/h4-6,17H,3,7-8H2,1-2H3. The number of amides is 1. The molecule has 1 fully saturated rings. The number of methoxy groups -OCH3 is 1. The van der Waals surface area contributed by atoms with Gasteiger partial charge in [0.25, 0.3) is 5.91 Å². The quantitative estimate of drug-likeness (QED) is 0.929. The maximum Gasteiger partial charge on any atom is 0.257 e. The largest absolute Gasteiger partial charge is 0.496 e. The molecular formula is C13H16BrNO3. The van der Waals surface area contributed by atoms with Gasteiger partial charge in [0.1, 0.15) is 5.75 Å². The number of ether oxygens (including phenoxy) is 1. The lowest BCUT2D eigenvalue weighted by atomic mass is 9.90. The molecular weight excluding hydrogens is 298 g/mol. The molecule has 2 rings (SSSR count). The Labute approximate surface area is 115 Å². The van der Waals surface area contributed by atoms with Crippen LogP contribution in [0.15, 0.2) is 22.7 Å². The molecule has 1 aliphatic heterocycles. The fourth-order valence-corrected chi connectivity index (χ4v) is 2.38. The summed E-state index contributed by atoms with van der Waals surface area (Å²) in [5.41, 5.74) is -0.183. The summed E-state index contributed by atoms with van der Waals surface area (Å²) in [6, 6.07) is 5.30. The summed E-state index contributed by atoms with van der Waals surface area (Å²) in [7, 11) is 1.54. The molecule has 0 aromatic heterocycles. The zero-order valence-corrected chi connectivity index (χ0v) is 12.0. The lowest BCUT2D eigenvalue weighted by Crippen LogP contribution is -2.63. The summed E-state index contributed by atoms with van der Waals surface area (Å²) >= 11 is 3.34. The van der Waals surface area contributed by atoms with Crippen LogP contribution in [-0.4, -0.2) is 41.7 Å². The second-order valence-electron chi connectivity index (χ2n) is 4.58. The third kappa shape index (κ3) is 2.37. The van der Waals surface area contributed by atoms with Gasteiger partial charge in [-0.1, -0.05) is 22.9 Å². The number of hydrogen-bond acceptors (Lipinski definition) is 3. The lowest BCUT2D eigenvalue weighted by Gasteiger charge is -2.46. The Morgan fingerprint density at radius 3 is 2.78 bits per heavy atom. The highest BCUT2D eigenvalue weighted by Gasteiger charge is 2.42. The highest BCUT2D eigenvalue weighted by Crippen LogP contribution is 2.30. The van der Waals surface area contributed by atoms with Gasteiger partial charge in [-0.25, -0.2) is 0 Å². The predicted molar refractivity (Wildman–Crippen MR) is 71.8 cm³/mol. The van der Waals surface area contributed by atoms with Crippen LogP contribution in [0.1, 0.15) is 23.7 Å². The fraction of sp³-hybridized carbons (Fsp3) is 0.462. The van der Waals surface area contributed by atoms with Crippen molar-refractivity contribution in [1.82, 2.24) is 4.90 Å². The summed E-state index contributed by atoms with van der Waals surface area (Å²) in [5, 5.41) is 9.92. The molecule has 0 aliphatic carbocycles. The lowest BCUT2D eigenvalue weighted by molar-refractivity contribution is -0.0827. The van der Waals surface area contributed by atoms with Gasteiger partial charge in [-0.15, -0.1) is 0 Å². The Bertz CT molecular complexity index is 469. The average Bonchev–Trinajstić information content (AvgIpc) is 2.34. The van der Waals surface area contributed by atoms with Crippen molar-refractivity contribution in [3.8, 4) is 5.75 Å². The predicted octanol–water partition coefficient (Wildman–Crippen LogP) is 2.05. The topological polar surface area (TPSA) is 49.8 Å². The van der Waals surface area contributed by atoms with Crippen LogP contribution in [0.5, 0.6) is 5.75 Å². The first kappa shape index (κ1) is 13.4. The number of benzene rings is 1. The van der Waals surface area contributed by atoms with Crippen LogP contribution in [0.3, 0.4) is 0 Å². The molecule has 1 N–H and O–H groups in total. The van der Waals surface area contributed by atoms with Gasteiger partial charge in [-0.05, 0) is 24.6 Å². The normalized spacial score (nSPS) is 17.2. The average molecular weight is 314 g/mol. The smallest absolute Gasteiger partial charge is 0.257 e. The van der Waals surface area contributed by atoms with E-state index >= 15 is 0 Å². The number of nitrogens with zero attached hydrogens (tertiary/aromatic N) is 1. The van der Waals surface area contributed by atoms with Gasteiger partial charge in [0.15, 0.2) is 0 Å². The van der Waals surface area contributed by atoms with E-state index in [-0.39, 0.29) is 5.91 Å². The summed E-state index contributed by atoms with van der Waals surface area (Å²) in [6.07, 6.45) is 0.661. The van der Waals surface area contributed by atoms with Crippen LogP contribution >= 0.6 is 15.9 Å². The van der Waals surface area contributed by atoms with E-state index in [4.69, 9.17) is 4.74 Å². The molecule has 0 bridgehead atoms. The van der Waals surface area contributed by atoms with E-state index in [0.29, 0.717) is 30.8 Å². The molecule has 0 spiro atoms. The van der Waals surface area contributed by atoms with Crippen molar-refractivity contribution in [3.05, 3.63) is 28.2 Å². The zero-order chi connectivity index (χ0) is 13.3. The Morgan fingerprint density at radius 1 is 1.56 bits per heavy atom. The number of rotatable bonds is 3. The monoisotopic (exact) mass is 313 g/mol. The Morgan fingerprint density at radius 2 is 2.22 bits per heavy atom. The fourth-order valence-electron chi connectivity index (χ4n) is 2.04. The van der Waals surface area contributed by atoms with Crippen LogP contribution < -0.4 is 4.74 Å². The summed E-state index contributed by atoms with van der Waals surface area (Å²) in [5.74, 6) is 0.443. The van der Waals surface area contributed by atoms with E-state index in [2.05, 4.69) is 15.9 Å². The van der Waals surface area contributed by atoms with Crippen molar-refractivity contribution in [3.63, 3.8) is 0 Å². The molecule has 0 radical (unpaired) electrons. The van der Waals surface area contributed by atoms with E-state index in [1.165, 1.54) is 7.11 Å². The molecule has 0 saturated carbocycles. The van der Waals surface area contributed by atoms with E-state index in [1.54, 1.807) is 17.0 Å². The van der Waals surface area contributed by atoms with E-state index in [0.717, 1.165) is 4.47 Å². The molecule has 1 aromatic rings. The van der Waals surface area contributed by atoms with Crippen molar-refractivity contribution >= 4 is 21.8 Å². The first-order valence-electron chi connectivity index (χ1n) is 5.84. The number of carbonyl (C=O) groups excluding carboxylic acids is 1. The molecule has 1 aromatic carbocycles. The molecule has 18 heavy (non-hydrogen) atoms. The van der Waals surface area contributed by atoms with Gasteiger partial charge in [-0.3, -0.25) is 4.79 Å². The van der Waals surface area contributed by atoms with Crippen molar-refractivity contribution in [2.75, 3.05) is 20.2 Å². The van der Waals surface area contributed by atoms with Crippen LogP contribution in [-0.2, 0) is 0 Å². The van der Waals surface area contributed by atoms with Crippen molar-refractivity contribution in [1.29, 1.82) is 0 Å². The van der Waals surface area contributed by atoms with Gasteiger partial charge in [-0.2, -0.15) is 0 Å². The molecule has 1 aliphatic rings. The maximum absolute atomic E-state index is 12.2. The SMILES string of the molecule is CCC1(O)CN(C(=O)c2ccc(Br)cc2OC)C1. The minimum atomic E-state index is -0.710. The zero-order valence-electron chi connectivity index (χ0n) is 10.4. The van der Waals surface area contributed by atoms with Gasteiger partial charge < -0.3 is 14.7 Å². The Kier molecular flexibility index (Phi) is 3.64. The number of carbonyl (C=O) groups is 1. The summed E-state index contributed by atoms with van der Waals surface area (Å²) < 4.78 is 6.07. The first-order chi connectivity index (χ1) is 8.49. The summed E-state index contributed by atoms with van der Waals surface area (Å²) in [4.78, 5) is 13.9. The van der Waals surface area contributed by atoms with Crippen molar-refractivity contribution < 1.29 is 14.6 Å². The molecule has 0 unspecified atom stereocenters. The molecule has 4 nitrogen and oxygen atoms in total. The van der Waals surface area contributed by atoms with E-state index in [1.807, 2.05) is 13.0 Å². The molecule has 1 saturated heterocycles. The van der Waals surface area contributed by atoms with Gasteiger partial charge >= 0.3 is 0 Å². The van der Waals surface area contributed by atoms with Gasteiger partial charge in [0.05, 0.1) is 31.4 Å². The van der Waals surface area contributed by atoms with Crippen LogP contribution in [0.2, 0.25) is 0 Å².